The van der Waals surface area contributed by atoms with E-state index in [0.29, 0.717) is 6.54 Å². The first-order valence-corrected chi connectivity index (χ1v) is 6.24. The average Bonchev–Trinajstić information content (AvgIpc) is 2.80. The summed E-state index contributed by atoms with van der Waals surface area (Å²) in [6.07, 6.45) is 1.30. The summed E-state index contributed by atoms with van der Waals surface area (Å²) in [4.78, 5) is 7.46. The second kappa shape index (κ2) is 5.58. The first-order chi connectivity index (χ1) is 7.81. The molecule has 0 spiro atoms. The summed E-state index contributed by atoms with van der Waals surface area (Å²) in [6, 6.07) is 0. The number of thiazole rings is 1. The number of rotatable bonds is 4. The maximum absolute atomic E-state index is 9.80. The fraction of sp³-hybridized carbons (Fsp3) is 0.700. The molecule has 1 aromatic heterocycles. The van der Waals surface area contributed by atoms with Crippen LogP contribution in [0.25, 0.3) is 0 Å². The van der Waals surface area contributed by atoms with Gasteiger partial charge >= 0.3 is 0 Å². The van der Waals surface area contributed by atoms with E-state index in [2.05, 4.69) is 15.2 Å². The predicted molar refractivity (Wildman–Crippen MR) is 64.0 cm³/mol. The van der Waals surface area contributed by atoms with E-state index in [1.807, 2.05) is 7.05 Å². The van der Waals surface area contributed by atoms with E-state index in [4.69, 9.17) is 4.74 Å². The zero-order valence-electron chi connectivity index (χ0n) is 9.35. The highest BCUT2D eigenvalue weighted by Gasteiger charge is 2.17. The lowest BCUT2D eigenvalue weighted by atomic mass is 10.3. The van der Waals surface area contributed by atoms with Gasteiger partial charge in [0.15, 0.2) is 5.13 Å². The van der Waals surface area contributed by atoms with Gasteiger partial charge < -0.3 is 20.1 Å². The van der Waals surface area contributed by atoms with Crippen molar-refractivity contribution in [3.63, 3.8) is 0 Å². The molecular weight excluding hydrogens is 226 g/mol. The topological polar surface area (TPSA) is 57.6 Å². The number of ether oxygens (including phenoxy) is 1. The van der Waals surface area contributed by atoms with Crippen molar-refractivity contribution in [3.8, 4) is 0 Å². The average molecular weight is 243 g/mol. The second-order valence-corrected chi connectivity index (χ2v) is 4.76. The van der Waals surface area contributed by atoms with Gasteiger partial charge in [0.05, 0.1) is 18.1 Å². The molecule has 1 aliphatic heterocycles. The van der Waals surface area contributed by atoms with Crippen LogP contribution in [0.15, 0.2) is 6.20 Å². The van der Waals surface area contributed by atoms with Crippen LogP contribution in [0.1, 0.15) is 11.0 Å². The Hall–Kier alpha value is -0.690. The van der Waals surface area contributed by atoms with E-state index in [-0.39, 0.29) is 0 Å². The minimum atomic E-state index is -0.461. The second-order valence-electron chi connectivity index (χ2n) is 3.72. The molecule has 90 valence electrons. The Balaban J connectivity index is 2.00. The highest BCUT2D eigenvalue weighted by atomic mass is 32.1. The van der Waals surface area contributed by atoms with E-state index in [9.17, 15) is 5.11 Å². The minimum Gasteiger partial charge on any atom is -0.386 e. The summed E-state index contributed by atoms with van der Waals surface area (Å²) >= 11 is 1.56. The van der Waals surface area contributed by atoms with Gasteiger partial charge in [0.1, 0.15) is 6.10 Å². The normalized spacial score (nSPS) is 18.8. The van der Waals surface area contributed by atoms with E-state index < -0.39 is 6.10 Å². The van der Waals surface area contributed by atoms with E-state index in [0.717, 1.165) is 36.3 Å². The minimum absolute atomic E-state index is 0.461. The number of anilines is 1. The lowest BCUT2D eigenvalue weighted by Gasteiger charge is -2.26. The van der Waals surface area contributed by atoms with Crippen molar-refractivity contribution in [1.82, 2.24) is 10.3 Å². The molecule has 2 N–H and O–H groups in total. The molecule has 5 nitrogen and oxygen atoms in total. The van der Waals surface area contributed by atoms with Crippen LogP contribution in [0.4, 0.5) is 5.13 Å². The van der Waals surface area contributed by atoms with Gasteiger partial charge in [-0.15, -0.1) is 0 Å². The molecule has 1 fully saturated rings. The number of nitrogens with one attached hydrogen (secondary N) is 1. The Kier molecular flexibility index (Phi) is 4.11. The molecular formula is C10H17N3O2S. The van der Waals surface area contributed by atoms with Crippen molar-refractivity contribution >= 4 is 16.5 Å². The molecule has 0 aromatic carbocycles. The fourth-order valence-corrected chi connectivity index (χ4v) is 2.58. The third kappa shape index (κ3) is 2.70. The maximum atomic E-state index is 9.80. The van der Waals surface area contributed by atoms with Crippen LogP contribution in [0.2, 0.25) is 0 Å². The largest absolute Gasteiger partial charge is 0.386 e. The van der Waals surface area contributed by atoms with Crippen molar-refractivity contribution in [2.75, 3.05) is 44.8 Å². The molecule has 1 saturated heterocycles. The molecule has 0 amide bonds. The molecule has 1 atom stereocenters. The molecule has 1 aromatic rings. The summed E-state index contributed by atoms with van der Waals surface area (Å²) in [5, 5.41) is 13.7. The van der Waals surface area contributed by atoms with Gasteiger partial charge in [0.25, 0.3) is 0 Å². The monoisotopic (exact) mass is 243 g/mol. The van der Waals surface area contributed by atoms with Gasteiger partial charge in [-0.05, 0) is 7.05 Å². The Labute approximate surface area is 99.1 Å². The molecule has 2 heterocycles. The number of aliphatic hydroxyl groups is 1. The third-order valence-corrected chi connectivity index (χ3v) is 3.68. The van der Waals surface area contributed by atoms with E-state index in [1.165, 1.54) is 0 Å². The van der Waals surface area contributed by atoms with E-state index >= 15 is 0 Å². The molecule has 0 saturated carbocycles. The van der Waals surface area contributed by atoms with Crippen LogP contribution < -0.4 is 10.2 Å². The zero-order valence-corrected chi connectivity index (χ0v) is 10.2. The summed E-state index contributed by atoms with van der Waals surface area (Å²) in [5.41, 5.74) is 0. The molecule has 6 heteroatoms. The Bertz CT molecular complexity index is 326. The number of likely N-dealkylation sites (N-methyl/N-ethyl adjacent to an activating group) is 1. The molecule has 0 bridgehead atoms. The third-order valence-electron chi connectivity index (χ3n) is 2.52. The standard InChI is InChI=1S/C10H17N3O2S/c1-11-6-8(14)9-7-12-10(16-9)13-2-4-15-5-3-13/h7-8,11,14H,2-6H2,1H3. The first-order valence-electron chi connectivity index (χ1n) is 5.42. The number of morpholine rings is 1. The smallest absolute Gasteiger partial charge is 0.185 e. The van der Waals surface area contributed by atoms with Crippen LogP contribution in [0.5, 0.6) is 0 Å². The molecule has 1 unspecified atom stereocenters. The van der Waals surface area contributed by atoms with Gasteiger partial charge in [-0.3, -0.25) is 0 Å². The van der Waals surface area contributed by atoms with Gasteiger partial charge in [-0.2, -0.15) is 0 Å². The van der Waals surface area contributed by atoms with Crippen LogP contribution in [0.3, 0.4) is 0 Å². The fourth-order valence-electron chi connectivity index (χ4n) is 1.63. The van der Waals surface area contributed by atoms with Crippen LogP contribution in [-0.4, -0.2) is 50.0 Å². The maximum Gasteiger partial charge on any atom is 0.185 e. The van der Waals surface area contributed by atoms with Crippen molar-refractivity contribution in [1.29, 1.82) is 0 Å². The summed E-state index contributed by atoms with van der Waals surface area (Å²) in [6.45, 7) is 3.84. The summed E-state index contributed by atoms with van der Waals surface area (Å²) in [5.74, 6) is 0. The Morgan fingerprint density at radius 1 is 1.62 bits per heavy atom. The summed E-state index contributed by atoms with van der Waals surface area (Å²) in [7, 11) is 1.83. The predicted octanol–water partition coefficient (Wildman–Crippen LogP) is 0.233. The summed E-state index contributed by atoms with van der Waals surface area (Å²) < 4.78 is 5.29. The Morgan fingerprint density at radius 2 is 2.38 bits per heavy atom. The number of aromatic nitrogens is 1. The van der Waals surface area contributed by atoms with Crippen molar-refractivity contribution in [3.05, 3.63) is 11.1 Å². The van der Waals surface area contributed by atoms with Gasteiger partial charge in [-0.1, -0.05) is 11.3 Å². The number of hydrogen-bond acceptors (Lipinski definition) is 6. The number of aliphatic hydroxyl groups excluding tert-OH is 1. The van der Waals surface area contributed by atoms with E-state index in [1.54, 1.807) is 17.5 Å². The van der Waals surface area contributed by atoms with Crippen molar-refractivity contribution in [2.24, 2.45) is 0 Å². The van der Waals surface area contributed by atoms with Crippen molar-refractivity contribution < 1.29 is 9.84 Å². The quantitative estimate of drug-likeness (QED) is 0.793. The number of nitrogens with zero attached hydrogens (tertiary/aromatic N) is 2. The Morgan fingerprint density at radius 3 is 3.06 bits per heavy atom. The zero-order chi connectivity index (χ0) is 11.4. The van der Waals surface area contributed by atoms with Crippen LogP contribution >= 0.6 is 11.3 Å². The van der Waals surface area contributed by atoms with Gasteiger partial charge in [-0.25, -0.2) is 4.98 Å². The highest BCUT2D eigenvalue weighted by Crippen LogP contribution is 2.27. The lowest BCUT2D eigenvalue weighted by molar-refractivity contribution is 0.122. The molecule has 1 aliphatic rings. The van der Waals surface area contributed by atoms with Crippen molar-refractivity contribution in [2.45, 2.75) is 6.10 Å². The molecule has 0 aliphatic carbocycles. The lowest BCUT2D eigenvalue weighted by Crippen LogP contribution is -2.36. The molecule has 16 heavy (non-hydrogen) atoms. The first kappa shape index (κ1) is 11.8. The van der Waals surface area contributed by atoms with Gasteiger partial charge in [0, 0.05) is 25.8 Å². The van der Waals surface area contributed by atoms with Gasteiger partial charge in [0.2, 0.25) is 0 Å². The molecule has 2 rings (SSSR count). The molecule has 0 radical (unpaired) electrons. The number of hydrogen-bond donors (Lipinski definition) is 2. The van der Waals surface area contributed by atoms with Crippen LogP contribution in [-0.2, 0) is 4.74 Å². The van der Waals surface area contributed by atoms with Crippen LogP contribution in [0, 0.1) is 0 Å². The highest BCUT2D eigenvalue weighted by molar-refractivity contribution is 7.15. The SMILES string of the molecule is CNCC(O)c1cnc(N2CCOCC2)s1.